The molecular weight excluding hydrogens is 328 g/mol. The van der Waals surface area contributed by atoms with Crippen LogP contribution in [0.4, 0.5) is 11.4 Å². The van der Waals surface area contributed by atoms with Crippen molar-refractivity contribution in [1.82, 2.24) is 0 Å². The van der Waals surface area contributed by atoms with Crippen molar-refractivity contribution in [2.24, 2.45) is 0 Å². The van der Waals surface area contributed by atoms with Gasteiger partial charge in [-0.1, -0.05) is 30.3 Å². The number of benzene rings is 2. The number of methoxy groups -OCH3 is 1. The maximum atomic E-state index is 12.6. The third-order valence-corrected chi connectivity index (χ3v) is 4.35. The molecule has 136 valence electrons. The molecule has 1 heterocycles. The molecule has 0 saturated carbocycles. The average molecular weight is 352 g/mol. The Labute approximate surface area is 154 Å². The molecular formula is C21H24N2O3. The lowest BCUT2D eigenvalue weighted by Crippen LogP contribution is -2.36. The number of ether oxygens (including phenoxy) is 2. The van der Waals surface area contributed by atoms with Gasteiger partial charge in [-0.15, -0.1) is 0 Å². The second kappa shape index (κ2) is 8.54. The number of carbonyl (C=O) groups is 1. The predicted molar refractivity (Wildman–Crippen MR) is 105 cm³/mol. The zero-order chi connectivity index (χ0) is 18.4. The zero-order valence-corrected chi connectivity index (χ0v) is 15.2. The first kappa shape index (κ1) is 18.0. The molecule has 0 aromatic heterocycles. The minimum Gasteiger partial charge on any atom is -0.495 e. The first-order valence-corrected chi connectivity index (χ1v) is 8.73. The fourth-order valence-electron chi connectivity index (χ4n) is 2.90. The van der Waals surface area contributed by atoms with Crippen molar-refractivity contribution in [3.63, 3.8) is 0 Å². The van der Waals surface area contributed by atoms with Gasteiger partial charge in [0.15, 0.2) is 0 Å². The van der Waals surface area contributed by atoms with E-state index in [0.29, 0.717) is 30.2 Å². The molecule has 0 spiro atoms. The Morgan fingerprint density at radius 2 is 1.88 bits per heavy atom. The van der Waals surface area contributed by atoms with E-state index in [1.807, 2.05) is 54.6 Å². The van der Waals surface area contributed by atoms with Crippen LogP contribution in [0.25, 0.3) is 6.08 Å². The van der Waals surface area contributed by atoms with Crippen LogP contribution in [-0.4, -0.2) is 39.3 Å². The highest BCUT2D eigenvalue weighted by atomic mass is 16.5. The molecule has 2 aromatic carbocycles. The molecule has 0 bridgehead atoms. The van der Waals surface area contributed by atoms with Gasteiger partial charge < -0.3 is 19.7 Å². The second-order valence-electron chi connectivity index (χ2n) is 6.18. The lowest BCUT2D eigenvalue weighted by Gasteiger charge is -2.29. The van der Waals surface area contributed by atoms with Crippen LogP contribution in [0.15, 0.2) is 54.1 Å². The van der Waals surface area contributed by atoms with Crippen molar-refractivity contribution in [1.29, 1.82) is 0 Å². The summed E-state index contributed by atoms with van der Waals surface area (Å²) >= 11 is 0. The summed E-state index contributed by atoms with van der Waals surface area (Å²) in [5, 5.41) is 2.97. The topological polar surface area (TPSA) is 50.8 Å². The molecule has 5 heteroatoms. The van der Waals surface area contributed by atoms with Crippen LogP contribution in [-0.2, 0) is 9.53 Å². The largest absolute Gasteiger partial charge is 0.495 e. The fraction of sp³-hybridized carbons (Fsp3) is 0.286. The van der Waals surface area contributed by atoms with Gasteiger partial charge >= 0.3 is 0 Å². The maximum Gasteiger partial charge on any atom is 0.251 e. The number of anilines is 2. The molecule has 0 radical (unpaired) electrons. The molecule has 0 unspecified atom stereocenters. The fourth-order valence-corrected chi connectivity index (χ4v) is 2.90. The van der Waals surface area contributed by atoms with Gasteiger partial charge in [0.25, 0.3) is 5.91 Å². The standard InChI is InChI=1S/C21H24N2O3/c1-16(14-17-6-4-3-5-7-17)21(24)22-19-15-18(8-9-20(19)25-2)23-10-12-26-13-11-23/h3-9,14-15H,10-13H2,1-2H3,(H,22,24)/b16-14+. The summed E-state index contributed by atoms with van der Waals surface area (Å²) in [6.07, 6.45) is 1.87. The summed E-state index contributed by atoms with van der Waals surface area (Å²) < 4.78 is 10.8. The first-order valence-electron chi connectivity index (χ1n) is 8.73. The van der Waals surface area contributed by atoms with Crippen molar-refractivity contribution in [3.05, 3.63) is 59.7 Å². The van der Waals surface area contributed by atoms with Crippen molar-refractivity contribution in [2.45, 2.75) is 6.92 Å². The summed E-state index contributed by atoms with van der Waals surface area (Å²) in [5.74, 6) is 0.495. The summed E-state index contributed by atoms with van der Waals surface area (Å²) in [7, 11) is 1.60. The molecule has 1 aliphatic heterocycles. The number of rotatable bonds is 5. The second-order valence-corrected chi connectivity index (χ2v) is 6.18. The van der Waals surface area contributed by atoms with Gasteiger partial charge in [-0.2, -0.15) is 0 Å². The molecule has 26 heavy (non-hydrogen) atoms. The third kappa shape index (κ3) is 4.43. The van der Waals surface area contributed by atoms with Gasteiger partial charge in [-0.05, 0) is 36.8 Å². The number of nitrogens with one attached hydrogen (secondary N) is 1. The molecule has 1 saturated heterocycles. The van der Waals surface area contributed by atoms with E-state index in [1.54, 1.807) is 14.0 Å². The Morgan fingerprint density at radius 1 is 1.15 bits per heavy atom. The van der Waals surface area contributed by atoms with Gasteiger partial charge in [0.05, 0.1) is 26.0 Å². The number of amides is 1. The molecule has 1 aliphatic rings. The predicted octanol–water partition coefficient (Wildman–Crippen LogP) is 3.57. The maximum absolute atomic E-state index is 12.6. The van der Waals surface area contributed by atoms with Gasteiger partial charge in [-0.3, -0.25) is 4.79 Å². The number of carbonyl (C=O) groups excluding carboxylic acids is 1. The van der Waals surface area contributed by atoms with Crippen LogP contribution in [0, 0.1) is 0 Å². The highest BCUT2D eigenvalue weighted by Gasteiger charge is 2.15. The Balaban J connectivity index is 1.78. The summed E-state index contributed by atoms with van der Waals surface area (Å²) in [5.41, 5.74) is 3.35. The summed E-state index contributed by atoms with van der Waals surface area (Å²) in [4.78, 5) is 14.8. The van der Waals surface area contributed by atoms with Gasteiger partial charge in [0, 0.05) is 24.4 Å². The van der Waals surface area contributed by atoms with Crippen LogP contribution >= 0.6 is 0 Å². The smallest absolute Gasteiger partial charge is 0.251 e. The number of hydrogen-bond acceptors (Lipinski definition) is 4. The van der Waals surface area contributed by atoms with E-state index in [-0.39, 0.29) is 5.91 Å². The zero-order valence-electron chi connectivity index (χ0n) is 15.2. The highest BCUT2D eigenvalue weighted by molar-refractivity contribution is 6.07. The Bertz CT molecular complexity index is 781. The van der Waals surface area contributed by atoms with E-state index in [1.165, 1.54) is 0 Å². The van der Waals surface area contributed by atoms with Gasteiger partial charge in [0.2, 0.25) is 0 Å². The summed E-state index contributed by atoms with van der Waals surface area (Å²) in [6.45, 7) is 4.92. The molecule has 1 amide bonds. The molecule has 3 rings (SSSR count). The minimum atomic E-state index is -0.147. The van der Waals surface area contributed by atoms with E-state index in [9.17, 15) is 4.79 Å². The van der Waals surface area contributed by atoms with Crippen LogP contribution in [0.3, 0.4) is 0 Å². The highest BCUT2D eigenvalue weighted by Crippen LogP contribution is 2.30. The lowest BCUT2D eigenvalue weighted by molar-refractivity contribution is -0.112. The van der Waals surface area contributed by atoms with E-state index in [2.05, 4.69) is 10.2 Å². The Kier molecular flexibility index (Phi) is 5.92. The van der Waals surface area contributed by atoms with Gasteiger partial charge in [0.1, 0.15) is 5.75 Å². The monoisotopic (exact) mass is 352 g/mol. The van der Waals surface area contributed by atoms with E-state index in [4.69, 9.17) is 9.47 Å². The van der Waals surface area contributed by atoms with Crippen LogP contribution < -0.4 is 15.0 Å². The normalized spacial score (nSPS) is 14.8. The molecule has 1 N–H and O–H groups in total. The number of hydrogen-bond donors (Lipinski definition) is 1. The number of nitrogens with zero attached hydrogens (tertiary/aromatic N) is 1. The first-order chi connectivity index (χ1) is 12.7. The van der Waals surface area contributed by atoms with Crippen molar-refractivity contribution >= 4 is 23.4 Å². The Hall–Kier alpha value is -2.79. The quantitative estimate of drug-likeness (QED) is 0.836. The average Bonchev–Trinajstić information content (AvgIpc) is 2.69. The van der Waals surface area contributed by atoms with Gasteiger partial charge in [-0.25, -0.2) is 0 Å². The molecule has 2 aromatic rings. The summed E-state index contributed by atoms with van der Waals surface area (Å²) in [6, 6.07) is 15.6. The van der Waals surface area contributed by atoms with E-state index >= 15 is 0 Å². The molecule has 5 nitrogen and oxygen atoms in total. The van der Waals surface area contributed by atoms with E-state index in [0.717, 1.165) is 24.3 Å². The molecule has 0 atom stereocenters. The van der Waals surface area contributed by atoms with Crippen LogP contribution in [0.1, 0.15) is 12.5 Å². The molecule has 0 aliphatic carbocycles. The van der Waals surface area contributed by atoms with Crippen LogP contribution in [0.2, 0.25) is 0 Å². The minimum absolute atomic E-state index is 0.147. The van der Waals surface area contributed by atoms with Crippen molar-refractivity contribution < 1.29 is 14.3 Å². The third-order valence-electron chi connectivity index (χ3n) is 4.35. The lowest BCUT2D eigenvalue weighted by atomic mass is 10.1. The van der Waals surface area contributed by atoms with Crippen molar-refractivity contribution in [3.8, 4) is 5.75 Å². The number of morpholine rings is 1. The molecule has 1 fully saturated rings. The van der Waals surface area contributed by atoms with Crippen molar-refractivity contribution in [2.75, 3.05) is 43.6 Å². The van der Waals surface area contributed by atoms with Crippen LogP contribution in [0.5, 0.6) is 5.75 Å². The SMILES string of the molecule is COc1ccc(N2CCOCC2)cc1NC(=O)/C(C)=C/c1ccccc1. The Morgan fingerprint density at radius 3 is 2.58 bits per heavy atom. The van der Waals surface area contributed by atoms with E-state index < -0.39 is 0 Å².